The predicted molar refractivity (Wildman–Crippen MR) is 150 cm³/mol. The van der Waals surface area contributed by atoms with E-state index in [1.807, 2.05) is 19.1 Å². The quantitative estimate of drug-likeness (QED) is 0.290. The van der Waals surface area contributed by atoms with Crippen LogP contribution in [0.25, 0.3) is 0 Å². The lowest BCUT2D eigenvalue weighted by atomic mass is 10.0. The lowest BCUT2D eigenvalue weighted by molar-refractivity contribution is 0.0984. The summed E-state index contributed by atoms with van der Waals surface area (Å²) in [6, 6.07) is 25.2. The largest absolute Gasteiger partial charge is 0.308 e. The van der Waals surface area contributed by atoms with Crippen LogP contribution in [-0.4, -0.2) is 26.7 Å². The molecule has 0 bridgehead atoms. The Balaban J connectivity index is 1.45. The number of benzene rings is 4. The number of sulfonamides is 1. The molecule has 8 heteroatoms. The topological polar surface area (TPSA) is 83.6 Å². The number of carbonyl (C=O) groups is 2. The molecule has 0 fully saturated rings. The number of carbonyl (C=O) groups excluding carboxylic acids is 2. The lowest BCUT2D eigenvalue weighted by Crippen LogP contribution is -2.35. The van der Waals surface area contributed by atoms with Gasteiger partial charge in [-0.15, -0.1) is 0 Å². The molecule has 1 heterocycles. The van der Waals surface area contributed by atoms with Crippen LogP contribution in [0.2, 0.25) is 5.02 Å². The van der Waals surface area contributed by atoms with Gasteiger partial charge < -0.3 is 4.90 Å². The molecule has 1 amide bonds. The smallest absolute Gasteiger partial charge is 0.261 e. The average Bonchev–Trinajstić information content (AvgIpc) is 2.93. The van der Waals surface area contributed by atoms with Crippen molar-refractivity contribution in [3.05, 3.63) is 124 Å². The molecular weight excluding hydrogens is 520 g/mol. The summed E-state index contributed by atoms with van der Waals surface area (Å²) >= 11 is 6.15. The van der Waals surface area contributed by atoms with E-state index in [1.54, 1.807) is 59.5 Å². The Hall–Kier alpha value is -3.94. The second-order valence-electron chi connectivity index (χ2n) is 9.21. The molecular formula is C30H25ClN2O4S. The van der Waals surface area contributed by atoms with Crippen molar-refractivity contribution in [2.45, 2.75) is 24.7 Å². The Labute approximate surface area is 226 Å². The highest BCUT2D eigenvalue weighted by molar-refractivity contribution is 7.92. The van der Waals surface area contributed by atoms with Gasteiger partial charge in [0.25, 0.3) is 15.9 Å². The Kier molecular flexibility index (Phi) is 7.06. The van der Waals surface area contributed by atoms with Crippen molar-refractivity contribution in [3.63, 3.8) is 0 Å². The Morgan fingerprint density at radius 3 is 2.34 bits per heavy atom. The maximum Gasteiger partial charge on any atom is 0.261 e. The van der Waals surface area contributed by atoms with Gasteiger partial charge in [-0.1, -0.05) is 59.6 Å². The van der Waals surface area contributed by atoms with Crippen molar-refractivity contribution in [3.8, 4) is 0 Å². The molecule has 0 spiro atoms. The molecule has 38 heavy (non-hydrogen) atoms. The summed E-state index contributed by atoms with van der Waals surface area (Å²) in [5.41, 5.74) is 3.83. The maximum absolute atomic E-state index is 13.4. The summed E-state index contributed by atoms with van der Waals surface area (Å²) in [6.07, 6.45) is 1.36. The SMILES string of the molecule is Cc1ccc(C(=O)N2CCCc3cc(S(=O)(=O)Nc4ccc(Cl)cc4C(=O)c4ccccc4)ccc32)cc1. The molecule has 6 nitrogen and oxygen atoms in total. The molecule has 0 radical (unpaired) electrons. The van der Waals surface area contributed by atoms with Gasteiger partial charge in [0.2, 0.25) is 0 Å². The van der Waals surface area contributed by atoms with Gasteiger partial charge in [-0.25, -0.2) is 8.42 Å². The third-order valence-electron chi connectivity index (χ3n) is 6.53. The minimum atomic E-state index is -4.04. The van der Waals surface area contributed by atoms with Gasteiger partial charge in [-0.05, 0) is 73.9 Å². The summed E-state index contributed by atoms with van der Waals surface area (Å²) in [5, 5.41) is 0.319. The first kappa shape index (κ1) is 25.7. The fraction of sp³-hybridized carbons (Fsp3) is 0.133. The van der Waals surface area contributed by atoms with E-state index in [4.69, 9.17) is 11.6 Å². The number of ketones is 1. The van der Waals surface area contributed by atoms with Crippen molar-refractivity contribution in [2.24, 2.45) is 0 Å². The average molecular weight is 545 g/mol. The van der Waals surface area contributed by atoms with Crippen molar-refractivity contribution in [2.75, 3.05) is 16.2 Å². The number of hydrogen-bond donors (Lipinski definition) is 1. The second-order valence-corrected chi connectivity index (χ2v) is 11.3. The van der Waals surface area contributed by atoms with Crippen molar-refractivity contribution in [1.29, 1.82) is 0 Å². The van der Waals surface area contributed by atoms with E-state index in [0.29, 0.717) is 41.2 Å². The number of aryl methyl sites for hydroxylation is 2. The molecule has 0 saturated carbocycles. The number of anilines is 2. The van der Waals surface area contributed by atoms with Crippen LogP contribution in [0, 0.1) is 6.92 Å². The van der Waals surface area contributed by atoms with Crippen LogP contribution < -0.4 is 9.62 Å². The molecule has 0 saturated heterocycles. The second kappa shape index (κ2) is 10.4. The number of fused-ring (bicyclic) bond motifs is 1. The first-order valence-corrected chi connectivity index (χ1v) is 14.0. The Morgan fingerprint density at radius 2 is 1.61 bits per heavy atom. The van der Waals surface area contributed by atoms with Crippen molar-refractivity contribution < 1.29 is 18.0 Å². The van der Waals surface area contributed by atoms with Crippen LogP contribution in [0.3, 0.4) is 0 Å². The van der Waals surface area contributed by atoms with E-state index in [2.05, 4.69) is 4.72 Å². The molecule has 5 rings (SSSR count). The number of hydrogen-bond acceptors (Lipinski definition) is 4. The molecule has 0 unspecified atom stereocenters. The van der Waals surface area contributed by atoms with Crippen LogP contribution in [-0.2, 0) is 16.4 Å². The fourth-order valence-electron chi connectivity index (χ4n) is 4.55. The molecule has 192 valence electrons. The Bertz CT molecular complexity index is 1640. The van der Waals surface area contributed by atoms with Gasteiger partial charge in [-0.3, -0.25) is 14.3 Å². The van der Waals surface area contributed by atoms with Gasteiger partial charge in [0.15, 0.2) is 5.78 Å². The monoisotopic (exact) mass is 544 g/mol. The zero-order chi connectivity index (χ0) is 26.9. The molecule has 1 N–H and O–H groups in total. The molecule has 1 aliphatic rings. The van der Waals surface area contributed by atoms with E-state index in [1.165, 1.54) is 24.3 Å². The zero-order valence-corrected chi connectivity index (χ0v) is 22.2. The van der Waals surface area contributed by atoms with Gasteiger partial charge in [0, 0.05) is 33.9 Å². The number of halogens is 1. The molecule has 4 aromatic rings. The Morgan fingerprint density at radius 1 is 0.868 bits per heavy atom. The van der Waals surface area contributed by atoms with Gasteiger partial charge in [0.05, 0.1) is 10.6 Å². The van der Waals surface area contributed by atoms with Crippen LogP contribution in [0.5, 0.6) is 0 Å². The molecule has 0 atom stereocenters. The summed E-state index contributed by atoms with van der Waals surface area (Å²) < 4.78 is 29.4. The van der Waals surface area contributed by atoms with E-state index in [9.17, 15) is 18.0 Å². The summed E-state index contributed by atoms with van der Waals surface area (Å²) in [7, 11) is -4.04. The van der Waals surface area contributed by atoms with Crippen LogP contribution in [0.15, 0.2) is 95.9 Å². The lowest BCUT2D eigenvalue weighted by Gasteiger charge is -2.30. The highest BCUT2D eigenvalue weighted by Crippen LogP contribution is 2.32. The molecule has 0 aromatic heterocycles. The third kappa shape index (κ3) is 5.21. The number of nitrogens with one attached hydrogen (secondary N) is 1. The van der Waals surface area contributed by atoms with Gasteiger partial charge in [-0.2, -0.15) is 0 Å². The van der Waals surface area contributed by atoms with E-state index < -0.39 is 10.0 Å². The van der Waals surface area contributed by atoms with Crippen LogP contribution in [0.4, 0.5) is 11.4 Å². The summed E-state index contributed by atoms with van der Waals surface area (Å²) in [4.78, 5) is 28.1. The van der Waals surface area contributed by atoms with Crippen molar-refractivity contribution >= 4 is 44.7 Å². The summed E-state index contributed by atoms with van der Waals surface area (Å²) in [5.74, 6) is -0.466. The fourth-order valence-corrected chi connectivity index (χ4v) is 5.85. The first-order chi connectivity index (χ1) is 18.2. The molecule has 0 aliphatic carbocycles. The predicted octanol–water partition coefficient (Wildman–Crippen LogP) is 6.27. The number of amides is 1. The number of rotatable bonds is 6. The van der Waals surface area contributed by atoms with E-state index >= 15 is 0 Å². The van der Waals surface area contributed by atoms with Crippen molar-refractivity contribution in [1.82, 2.24) is 0 Å². The van der Waals surface area contributed by atoms with Crippen LogP contribution >= 0.6 is 11.6 Å². The van der Waals surface area contributed by atoms with E-state index in [0.717, 1.165) is 11.1 Å². The molecule has 1 aliphatic heterocycles. The molecule has 4 aromatic carbocycles. The normalized spacial score (nSPS) is 13.1. The maximum atomic E-state index is 13.4. The standard InChI is InChI=1S/C30H25ClN2O4S/c1-20-9-11-22(12-10-20)30(35)33-17-5-8-23-18-25(14-16-28(23)33)38(36,37)32-27-15-13-24(31)19-26(27)29(34)21-6-3-2-4-7-21/h2-4,6-7,9-16,18-19,32H,5,8,17H2,1H3. The van der Waals surface area contributed by atoms with Gasteiger partial charge >= 0.3 is 0 Å². The van der Waals surface area contributed by atoms with E-state index in [-0.39, 0.29) is 27.8 Å². The highest BCUT2D eigenvalue weighted by Gasteiger charge is 2.26. The summed E-state index contributed by atoms with van der Waals surface area (Å²) in [6.45, 7) is 2.52. The minimum absolute atomic E-state index is 0.0499. The minimum Gasteiger partial charge on any atom is -0.308 e. The zero-order valence-electron chi connectivity index (χ0n) is 20.6. The number of nitrogens with zero attached hydrogens (tertiary/aromatic N) is 1. The van der Waals surface area contributed by atoms with Crippen LogP contribution in [0.1, 0.15) is 43.8 Å². The highest BCUT2D eigenvalue weighted by atomic mass is 35.5. The first-order valence-electron chi connectivity index (χ1n) is 12.2. The third-order valence-corrected chi connectivity index (χ3v) is 8.13. The van der Waals surface area contributed by atoms with Gasteiger partial charge in [0.1, 0.15) is 0 Å².